The zero-order chi connectivity index (χ0) is 21.0. The minimum Gasteiger partial charge on any atom is -0.497 e. The lowest BCUT2D eigenvalue weighted by atomic mass is 10.1. The summed E-state index contributed by atoms with van der Waals surface area (Å²) in [6.07, 6.45) is 0. The fourth-order valence-electron chi connectivity index (χ4n) is 2.79. The maximum Gasteiger partial charge on any atom is 0.241 e. The van der Waals surface area contributed by atoms with Crippen molar-refractivity contribution < 1.29 is 19.1 Å². The predicted molar refractivity (Wildman–Crippen MR) is 113 cm³/mol. The molecule has 1 aliphatic heterocycles. The molecule has 0 radical (unpaired) electrons. The van der Waals surface area contributed by atoms with E-state index >= 15 is 0 Å². The van der Waals surface area contributed by atoms with E-state index in [9.17, 15) is 9.59 Å². The minimum atomic E-state index is -0.475. The molecule has 7 nitrogen and oxygen atoms in total. The molecule has 0 fully saturated rings. The number of carbonyl (C=O) groups is 2. The number of amides is 2. The fraction of sp³-hybridized carbons (Fsp3) is 0.286. The minimum absolute atomic E-state index is 0.241. The summed E-state index contributed by atoms with van der Waals surface area (Å²) in [4.78, 5) is 23.6. The number of nitrogens with one attached hydrogen (secondary N) is 1. The van der Waals surface area contributed by atoms with Crippen LogP contribution in [0.15, 0.2) is 47.6 Å². The van der Waals surface area contributed by atoms with Gasteiger partial charge in [-0.25, -0.2) is 5.01 Å². The highest BCUT2D eigenvalue weighted by molar-refractivity contribution is 8.14. The molecule has 2 amide bonds. The molecule has 1 N–H and O–H groups in total. The molecule has 3 rings (SSSR count). The van der Waals surface area contributed by atoms with Gasteiger partial charge < -0.3 is 14.8 Å². The summed E-state index contributed by atoms with van der Waals surface area (Å²) in [5.74, 6) is 0.770. The second-order valence-corrected chi connectivity index (χ2v) is 7.67. The van der Waals surface area contributed by atoms with Crippen molar-refractivity contribution in [1.29, 1.82) is 0 Å². The van der Waals surface area contributed by atoms with E-state index in [0.29, 0.717) is 23.3 Å². The molecule has 2 aromatic rings. The number of aryl methyl sites for hydroxylation is 1. The first-order valence-corrected chi connectivity index (χ1v) is 9.94. The number of amidine groups is 1. The molecule has 1 heterocycles. The van der Waals surface area contributed by atoms with Crippen LogP contribution in [0.5, 0.6) is 11.5 Å². The van der Waals surface area contributed by atoms with Crippen LogP contribution < -0.4 is 14.8 Å². The Morgan fingerprint density at radius 1 is 1.17 bits per heavy atom. The van der Waals surface area contributed by atoms with Crippen LogP contribution in [-0.4, -0.2) is 29.1 Å². The third kappa shape index (κ3) is 5.08. The first-order chi connectivity index (χ1) is 13.9. The molecule has 1 atom stereocenters. The maximum atomic E-state index is 12.2. The number of ether oxygens (including phenoxy) is 2. The molecule has 8 heteroatoms. The van der Waals surface area contributed by atoms with Gasteiger partial charge in [-0.05, 0) is 30.7 Å². The highest BCUT2D eigenvalue weighted by Gasteiger charge is 2.34. The molecular weight excluding hydrogens is 390 g/mol. The van der Waals surface area contributed by atoms with Crippen molar-refractivity contribution in [2.24, 2.45) is 5.10 Å². The molecule has 1 aliphatic rings. The van der Waals surface area contributed by atoms with Crippen LogP contribution in [0.4, 0.5) is 0 Å². The molecule has 0 aliphatic carbocycles. The van der Waals surface area contributed by atoms with Crippen LogP contribution in [0.2, 0.25) is 0 Å². The first-order valence-electron chi connectivity index (χ1n) is 9.06. The molecule has 2 aromatic carbocycles. The maximum absolute atomic E-state index is 12.2. The second-order valence-electron chi connectivity index (χ2n) is 6.60. The van der Waals surface area contributed by atoms with Crippen molar-refractivity contribution in [3.8, 4) is 11.5 Å². The van der Waals surface area contributed by atoms with Gasteiger partial charge >= 0.3 is 0 Å². The van der Waals surface area contributed by atoms with E-state index in [1.165, 1.54) is 36.2 Å². The third-order valence-corrected chi connectivity index (χ3v) is 5.33. The Kier molecular flexibility index (Phi) is 6.43. The summed E-state index contributed by atoms with van der Waals surface area (Å²) < 4.78 is 11.4. The van der Waals surface area contributed by atoms with E-state index < -0.39 is 5.37 Å². The number of thioether (sulfide) groups is 1. The van der Waals surface area contributed by atoms with Crippen LogP contribution in [0.3, 0.4) is 0 Å². The van der Waals surface area contributed by atoms with Crippen molar-refractivity contribution in [1.82, 2.24) is 10.3 Å². The van der Waals surface area contributed by atoms with Gasteiger partial charge in [-0.15, -0.1) is 5.10 Å². The second kappa shape index (κ2) is 9.00. The smallest absolute Gasteiger partial charge is 0.241 e. The van der Waals surface area contributed by atoms with Crippen molar-refractivity contribution in [2.75, 3.05) is 7.11 Å². The van der Waals surface area contributed by atoms with E-state index in [1.807, 2.05) is 43.3 Å². The molecule has 0 bridgehead atoms. The summed E-state index contributed by atoms with van der Waals surface area (Å²) >= 11 is 1.27. The van der Waals surface area contributed by atoms with Gasteiger partial charge in [0.1, 0.15) is 23.5 Å². The van der Waals surface area contributed by atoms with Crippen LogP contribution in [0.1, 0.15) is 35.9 Å². The number of benzene rings is 2. The SMILES string of the molecule is COc1ccc(OCc2ccc(C)cc2)c([C@@H]2SC(NC(C)=O)=NN2C(C)=O)c1. The molecule has 0 spiro atoms. The Balaban J connectivity index is 1.89. The van der Waals surface area contributed by atoms with Crippen molar-refractivity contribution >= 4 is 28.7 Å². The van der Waals surface area contributed by atoms with Gasteiger partial charge in [0.15, 0.2) is 5.17 Å². The topological polar surface area (TPSA) is 80.2 Å². The fourth-order valence-corrected chi connectivity index (χ4v) is 3.94. The summed E-state index contributed by atoms with van der Waals surface area (Å²) in [5.41, 5.74) is 2.96. The van der Waals surface area contributed by atoms with Gasteiger partial charge in [0, 0.05) is 19.4 Å². The highest BCUT2D eigenvalue weighted by Crippen LogP contribution is 2.44. The molecule has 29 heavy (non-hydrogen) atoms. The van der Waals surface area contributed by atoms with Gasteiger partial charge in [0.05, 0.1) is 7.11 Å². The lowest BCUT2D eigenvalue weighted by Crippen LogP contribution is -2.25. The molecule has 0 saturated heterocycles. The van der Waals surface area contributed by atoms with Crippen LogP contribution in [0, 0.1) is 6.92 Å². The van der Waals surface area contributed by atoms with E-state index in [2.05, 4.69) is 10.4 Å². The molecular formula is C21H23N3O4S. The number of hydrogen-bond acceptors (Lipinski definition) is 6. The van der Waals surface area contributed by atoms with E-state index in [0.717, 1.165) is 11.1 Å². The van der Waals surface area contributed by atoms with E-state index in [-0.39, 0.29) is 11.8 Å². The Morgan fingerprint density at radius 3 is 2.52 bits per heavy atom. The molecule has 152 valence electrons. The van der Waals surface area contributed by atoms with Gasteiger partial charge in [-0.3, -0.25) is 9.59 Å². The number of carbonyl (C=O) groups excluding carboxylic acids is 2. The van der Waals surface area contributed by atoms with Crippen molar-refractivity contribution in [3.63, 3.8) is 0 Å². The zero-order valence-electron chi connectivity index (χ0n) is 16.8. The van der Waals surface area contributed by atoms with E-state index in [1.54, 1.807) is 13.2 Å². The van der Waals surface area contributed by atoms with Crippen molar-refractivity contribution in [3.05, 3.63) is 59.2 Å². The first kappa shape index (κ1) is 20.7. The van der Waals surface area contributed by atoms with Crippen LogP contribution in [-0.2, 0) is 16.2 Å². The van der Waals surface area contributed by atoms with E-state index in [4.69, 9.17) is 9.47 Å². The average molecular weight is 413 g/mol. The summed E-state index contributed by atoms with van der Waals surface area (Å²) in [6.45, 7) is 5.25. The highest BCUT2D eigenvalue weighted by atomic mass is 32.2. The lowest BCUT2D eigenvalue weighted by molar-refractivity contribution is -0.129. The molecule has 0 aromatic heterocycles. The van der Waals surface area contributed by atoms with Gasteiger partial charge in [0.2, 0.25) is 11.8 Å². The summed E-state index contributed by atoms with van der Waals surface area (Å²) in [7, 11) is 1.58. The van der Waals surface area contributed by atoms with Crippen LogP contribution >= 0.6 is 11.8 Å². The molecule has 0 unspecified atom stereocenters. The average Bonchev–Trinajstić information content (AvgIpc) is 3.10. The van der Waals surface area contributed by atoms with Crippen LogP contribution in [0.25, 0.3) is 0 Å². The summed E-state index contributed by atoms with van der Waals surface area (Å²) in [6, 6.07) is 13.5. The Morgan fingerprint density at radius 2 is 1.90 bits per heavy atom. The number of hydrogen-bond donors (Lipinski definition) is 1. The third-order valence-electron chi connectivity index (χ3n) is 4.25. The zero-order valence-corrected chi connectivity index (χ0v) is 17.6. The number of nitrogens with zero attached hydrogens (tertiary/aromatic N) is 2. The van der Waals surface area contributed by atoms with Crippen molar-refractivity contribution in [2.45, 2.75) is 32.8 Å². The monoisotopic (exact) mass is 413 g/mol. The quantitative estimate of drug-likeness (QED) is 0.810. The standard InChI is InChI=1S/C21H23N3O4S/c1-13-5-7-16(8-6-13)12-28-19-10-9-17(27-4)11-18(19)20-24(15(3)26)23-21(29-20)22-14(2)25/h5-11,20H,12H2,1-4H3,(H,22,23,25)/t20-/m0/s1. The normalized spacial score (nSPS) is 15.7. The van der Waals surface area contributed by atoms with Gasteiger partial charge in [0.25, 0.3) is 0 Å². The Labute approximate surface area is 174 Å². The van der Waals surface area contributed by atoms with Gasteiger partial charge in [-0.2, -0.15) is 0 Å². The lowest BCUT2D eigenvalue weighted by Gasteiger charge is -2.22. The summed E-state index contributed by atoms with van der Waals surface area (Å²) in [5, 5.41) is 8.12. The Bertz CT molecular complexity index is 943. The number of rotatable bonds is 5. The molecule has 0 saturated carbocycles. The largest absolute Gasteiger partial charge is 0.497 e. The number of hydrazone groups is 1. The predicted octanol–water partition coefficient (Wildman–Crippen LogP) is 3.58. The number of methoxy groups -OCH3 is 1. The van der Waals surface area contributed by atoms with Gasteiger partial charge in [-0.1, -0.05) is 41.6 Å². The Hall–Kier alpha value is -3.00.